The standard InChI is InChI=1S/C19H13N3O4S/c1-11-15(10-20)17(12-6-8-13(9-7-12)22(23)24)19-18(21-11)14-4-2-3-5-16(14)27(19,25)26/h2-9,15,17H,1H3/t15?,17-/m1/s1. The Morgan fingerprint density at radius 1 is 1.15 bits per heavy atom. The summed E-state index contributed by atoms with van der Waals surface area (Å²) < 4.78 is 26.4. The smallest absolute Gasteiger partial charge is 0.258 e. The number of nitro benzene ring substituents is 1. The number of allylic oxidation sites excluding steroid dienone is 1. The molecule has 2 aliphatic rings. The fourth-order valence-electron chi connectivity index (χ4n) is 3.66. The van der Waals surface area contributed by atoms with E-state index in [4.69, 9.17) is 0 Å². The van der Waals surface area contributed by atoms with E-state index in [-0.39, 0.29) is 15.5 Å². The first-order valence-electron chi connectivity index (χ1n) is 8.14. The van der Waals surface area contributed by atoms with Gasteiger partial charge in [0, 0.05) is 29.3 Å². The minimum Gasteiger partial charge on any atom is -0.258 e. The molecule has 0 spiro atoms. The Labute approximate surface area is 155 Å². The number of sulfone groups is 1. The lowest BCUT2D eigenvalue weighted by Gasteiger charge is -2.27. The largest absolute Gasteiger partial charge is 0.269 e. The van der Waals surface area contributed by atoms with Gasteiger partial charge in [0.1, 0.15) is 0 Å². The summed E-state index contributed by atoms with van der Waals surface area (Å²) in [6, 6.07) is 14.4. The van der Waals surface area contributed by atoms with E-state index in [1.165, 1.54) is 30.3 Å². The molecule has 0 N–H and O–H groups in total. The van der Waals surface area contributed by atoms with Crippen LogP contribution in [-0.4, -0.2) is 19.1 Å². The van der Waals surface area contributed by atoms with Crippen molar-refractivity contribution in [1.29, 1.82) is 5.26 Å². The molecule has 2 aromatic carbocycles. The number of benzene rings is 2. The van der Waals surface area contributed by atoms with Crippen molar-refractivity contribution < 1.29 is 13.3 Å². The quantitative estimate of drug-likeness (QED) is 0.586. The molecule has 134 valence electrons. The Morgan fingerprint density at radius 3 is 2.44 bits per heavy atom. The fraction of sp³-hybridized carbons (Fsp3) is 0.158. The number of fused-ring (bicyclic) bond motifs is 2. The molecule has 2 heterocycles. The lowest BCUT2D eigenvalue weighted by molar-refractivity contribution is -0.384. The highest BCUT2D eigenvalue weighted by Gasteiger charge is 2.46. The van der Waals surface area contributed by atoms with E-state index in [1.54, 1.807) is 25.1 Å². The Hall–Kier alpha value is -3.31. The number of non-ortho nitro benzene ring substituents is 1. The Bertz CT molecular complexity index is 1190. The predicted octanol–water partition coefficient (Wildman–Crippen LogP) is 3.45. The number of nitrogens with zero attached hydrogens (tertiary/aromatic N) is 3. The second-order valence-corrected chi connectivity index (χ2v) is 8.29. The molecule has 2 atom stereocenters. The molecule has 4 rings (SSSR count). The molecule has 0 saturated carbocycles. The molecule has 0 saturated heterocycles. The van der Waals surface area contributed by atoms with Gasteiger partial charge in [0.25, 0.3) is 5.69 Å². The van der Waals surface area contributed by atoms with E-state index in [0.717, 1.165) is 0 Å². The van der Waals surface area contributed by atoms with Gasteiger partial charge in [-0.1, -0.05) is 30.3 Å². The van der Waals surface area contributed by atoms with Crippen molar-refractivity contribution in [2.75, 3.05) is 0 Å². The van der Waals surface area contributed by atoms with E-state index >= 15 is 0 Å². The van der Waals surface area contributed by atoms with Crippen LogP contribution in [0.4, 0.5) is 5.69 Å². The first kappa shape index (κ1) is 17.1. The van der Waals surface area contributed by atoms with Crippen molar-refractivity contribution in [3.8, 4) is 6.07 Å². The van der Waals surface area contributed by atoms with Crippen molar-refractivity contribution in [2.45, 2.75) is 17.7 Å². The summed E-state index contributed by atoms with van der Waals surface area (Å²) in [7, 11) is -3.81. The molecular weight excluding hydrogens is 366 g/mol. The molecular formula is C19H13N3O4S. The van der Waals surface area contributed by atoms with Crippen LogP contribution < -0.4 is 0 Å². The van der Waals surface area contributed by atoms with Crippen LogP contribution in [0.25, 0.3) is 5.70 Å². The molecule has 0 amide bonds. The first-order valence-corrected chi connectivity index (χ1v) is 9.62. The van der Waals surface area contributed by atoms with Crippen LogP contribution in [0.15, 0.2) is 63.3 Å². The van der Waals surface area contributed by atoms with Gasteiger partial charge in [-0.3, -0.25) is 15.1 Å². The molecule has 2 aliphatic heterocycles. The lowest BCUT2D eigenvalue weighted by Crippen LogP contribution is -2.26. The van der Waals surface area contributed by atoms with Crippen LogP contribution in [-0.2, 0) is 9.84 Å². The van der Waals surface area contributed by atoms with E-state index < -0.39 is 26.6 Å². The van der Waals surface area contributed by atoms with E-state index in [9.17, 15) is 23.8 Å². The third kappa shape index (κ3) is 2.39. The molecule has 0 aliphatic carbocycles. The molecule has 27 heavy (non-hydrogen) atoms. The summed E-state index contributed by atoms with van der Waals surface area (Å²) in [4.78, 5) is 15.1. The lowest BCUT2D eigenvalue weighted by atomic mass is 9.81. The van der Waals surface area contributed by atoms with Crippen LogP contribution in [0.2, 0.25) is 0 Å². The van der Waals surface area contributed by atoms with Crippen LogP contribution >= 0.6 is 0 Å². The second kappa shape index (κ2) is 5.86. The maximum atomic E-state index is 13.2. The molecule has 0 radical (unpaired) electrons. The number of rotatable bonds is 2. The Balaban J connectivity index is 1.97. The van der Waals surface area contributed by atoms with Gasteiger partial charge < -0.3 is 0 Å². The van der Waals surface area contributed by atoms with Crippen LogP contribution in [0.3, 0.4) is 0 Å². The highest BCUT2D eigenvalue weighted by molar-refractivity contribution is 7.96. The average molecular weight is 379 g/mol. The number of hydrogen-bond acceptors (Lipinski definition) is 6. The Kier molecular flexibility index (Phi) is 3.71. The molecule has 0 bridgehead atoms. The number of aliphatic imine (C=N–C) groups is 1. The highest BCUT2D eigenvalue weighted by atomic mass is 32.2. The van der Waals surface area contributed by atoms with Gasteiger partial charge in [0.05, 0.1) is 32.4 Å². The summed E-state index contributed by atoms with van der Waals surface area (Å²) >= 11 is 0. The average Bonchev–Trinajstić information content (AvgIpc) is 2.88. The Morgan fingerprint density at radius 2 is 1.81 bits per heavy atom. The zero-order valence-electron chi connectivity index (χ0n) is 14.2. The number of nitro groups is 1. The van der Waals surface area contributed by atoms with Crippen LogP contribution in [0.1, 0.15) is 24.0 Å². The second-order valence-electron chi connectivity index (χ2n) is 6.40. The van der Waals surface area contributed by atoms with Gasteiger partial charge in [-0.05, 0) is 18.6 Å². The fourth-order valence-corrected chi connectivity index (χ4v) is 5.62. The minimum atomic E-state index is -3.81. The van der Waals surface area contributed by atoms with Crippen LogP contribution in [0, 0.1) is 27.4 Å². The number of hydrogen-bond donors (Lipinski definition) is 0. The third-order valence-electron chi connectivity index (χ3n) is 4.91. The zero-order valence-corrected chi connectivity index (χ0v) is 15.0. The minimum absolute atomic E-state index is 0.0923. The number of nitriles is 1. The predicted molar refractivity (Wildman–Crippen MR) is 98.6 cm³/mol. The first-order chi connectivity index (χ1) is 12.9. The molecule has 1 unspecified atom stereocenters. The van der Waals surface area contributed by atoms with E-state index in [2.05, 4.69) is 11.1 Å². The molecule has 0 fully saturated rings. The summed E-state index contributed by atoms with van der Waals surface area (Å²) in [6.45, 7) is 1.70. The highest BCUT2D eigenvalue weighted by Crippen LogP contribution is 2.51. The zero-order chi connectivity index (χ0) is 19.3. The molecule has 8 heteroatoms. The SMILES string of the molecule is CC1=NC2=C([C@H](c3ccc([N+](=O)[O-])cc3)C1C#N)S(=O)(=O)c1ccccc12. The van der Waals surface area contributed by atoms with Gasteiger partial charge in [0.2, 0.25) is 9.84 Å². The van der Waals surface area contributed by atoms with Crippen molar-refractivity contribution in [1.82, 2.24) is 0 Å². The van der Waals surface area contributed by atoms with Gasteiger partial charge in [0.15, 0.2) is 0 Å². The van der Waals surface area contributed by atoms with Gasteiger partial charge in [-0.15, -0.1) is 0 Å². The van der Waals surface area contributed by atoms with Gasteiger partial charge in [-0.25, -0.2) is 8.42 Å². The maximum absolute atomic E-state index is 13.2. The normalized spacial score (nSPS) is 22.4. The monoisotopic (exact) mass is 379 g/mol. The van der Waals surface area contributed by atoms with Crippen molar-refractivity contribution >= 4 is 26.9 Å². The van der Waals surface area contributed by atoms with E-state index in [1.807, 2.05) is 0 Å². The summed E-state index contributed by atoms with van der Waals surface area (Å²) in [5.74, 6) is -1.53. The summed E-state index contributed by atoms with van der Waals surface area (Å²) in [5, 5.41) is 20.6. The van der Waals surface area contributed by atoms with Crippen molar-refractivity contribution in [2.24, 2.45) is 10.9 Å². The van der Waals surface area contributed by atoms with Crippen molar-refractivity contribution in [3.63, 3.8) is 0 Å². The van der Waals surface area contributed by atoms with E-state index in [0.29, 0.717) is 22.5 Å². The molecule has 2 aromatic rings. The molecule has 7 nitrogen and oxygen atoms in total. The van der Waals surface area contributed by atoms with Crippen molar-refractivity contribution in [3.05, 3.63) is 74.7 Å². The maximum Gasteiger partial charge on any atom is 0.269 e. The topological polar surface area (TPSA) is 113 Å². The third-order valence-corrected chi connectivity index (χ3v) is 6.87. The van der Waals surface area contributed by atoms with Crippen LogP contribution in [0.5, 0.6) is 0 Å². The summed E-state index contributed by atoms with van der Waals surface area (Å²) in [5.41, 5.74) is 1.84. The van der Waals surface area contributed by atoms with Gasteiger partial charge >= 0.3 is 0 Å². The van der Waals surface area contributed by atoms with Gasteiger partial charge in [-0.2, -0.15) is 5.26 Å². The molecule has 0 aromatic heterocycles. The summed E-state index contributed by atoms with van der Waals surface area (Å²) in [6.07, 6.45) is 0.